The number of hydrogen-bond donors (Lipinski definition) is 4. The van der Waals surface area contributed by atoms with Crippen LogP contribution in [0.15, 0.2) is 18.2 Å². The average molecular weight is 197 g/mol. The van der Waals surface area contributed by atoms with Crippen molar-refractivity contribution in [3.8, 4) is 0 Å². The van der Waals surface area contributed by atoms with Crippen molar-refractivity contribution in [1.29, 1.82) is 0 Å². The second-order valence-corrected chi connectivity index (χ2v) is 3.31. The molecule has 78 valence electrons. The van der Waals surface area contributed by atoms with Crippen molar-refractivity contribution in [1.82, 2.24) is 0 Å². The summed E-state index contributed by atoms with van der Waals surface area (Å²) in [4.78, 5) is 0. The van der Waals surface area contributed by atoms with E-state index in [4.69, 9.17) is 10.8 Å². The summed E-state index contributed by atoms with van der Waals surface area (Å²) in [6.45, 7) is 1.33. The van der Waals surface area contributed by atoms with E-state index in [1.54, 1.807) is 18.2 Å². The largest absolute Gasteiger partial charge is 0.399 e. The molecule has 2 atom stereocenters. The van der Waals surface area contributed by atoms with Gasteiger partial charge in [-0.2, -0.15) is 0 Å². The summed E-state index contributed by atoms with van der Waals surface area (Å²) in [5.74, 6) is 0. The van der Waals surface area contributed by atoms with Crippen molar-refractivity contribution in [2.24, 2.45) is 0 Å². The quantitative estimate of drug-likeness (QED) is 0.512. The summed E-state index contributed by atoms with van der Waals surface area (Å²) in [6, 6.07) is 5.08. The van der Waals surface area contributed by atoms with Crippen LogP contribution < -0.4 is 5.73 Å². The Kier molecular flexibility index (Phi) is 3.46. The summed E-state index contributed by atoms with van der Waals surface area (Å²) < 4.78 is 0. The van der Waals surface area contributed by atoms with E-state index in [1.807, 2.05) is 6.92 Å². The van der Waals surface area contributed by atoms with E-state index in [0.29, 0.717) is 11.3 Å². The predicted octanol–water partition coefficient (Wildman–Crippen LogP) is -0.0362. The smallest absolute Gasteiger partial charge is 0.107 e. The molecular weight excluding hydrogens is 182 g/mol. The summed E-state index contributed by atoms with van der Waals surface area (Å²) >= 11 is 0. The molecule has 0 aromatic heterocycles. The minimum Gasteiger partial charge on any atom is -0.399 e. The van der Waals surface area contributed by atoms with Crippen molar-refractivity contribution in [2.75, 3.05) is 12.3 Å². The maximum atomic E-state index is 9.63. The summed E-state index contributed by atoms with van der Waals surface area (Å²) in [5.41, 5.74) is 7.45. The Morgan fingerprint density at radius 2 is 2.00 bits per heavy atom. The van der Waals surface area contributed by atoms with E-state index in [1.165, 1.54) is 0 Å². The van der Waals surface area contributed by atoms with E-state index < -0.39 is 18.8 Å². The Morgan fingerprint density at radius 1 is 1.36 bits per heavy atom. The second kappa shape index (κ2) is 4.41. The number of nitrogen functional groups attached to an aromatic ring is 1. The number of hydrogen-bond acceptors (Lipinski definition) is 4. The molecule has 0 bridgehead atoms. The van der Waals surface area contributed by atoms with Gasteiger partial charge < -0.3 is 21.1 Å². The number of aryl methyl sites for hydroxylation is 1. The Balaban J connectivity index is 2.99. The number of aliphatic hydroxyl groups excluding tert-OH is 3. The fraction of sp³-hybridized carbons (Fsp3) is 0.400. The van der Waals surface area contributed by atoms with Crippen LogP contribution in [-0.4, -0.2) is 28.0 Å². The van der Waals surface area contributed by atoms with Gasteiger partial charge in [0.2, 0.25) is 0 Å². The number of nitrogens with two attached hydrogens (primary N) is 1. The fourth-order valence-corrected chi connectivity index (χ4v) is 1.28. The molecule has 14 heavy (non-hydrogen) atoms. The molecule has 0 radical (unpaired) electrons. The number of anilines is 1. The first-order valence-corrected chi connectivity index (χ1v) is 4.39. The van der Waals surface area contributed by atoms with Crippen molar-refractivity contribution < 1.29 is 15.3 Å². The zero-order valence-electron chi connectivity index (χ0n) is 8.01. The molecule has 0 saturated heterocycles. The van der Waals surface area contributed by atoms with Gasteiger partial charge in [0.1, 0.15) is 12.2 Å². The van der Waals surface area contributed by atoms with Gasteiger partial charge in [0.15, 0.2) is 0 Å². The highest BCUT2D eigenvalue weighted by molar-refractivity contribution is 5.45. The van der Waals surface area contributed by atoms with Gasteiger partial charge in [-0.15, -0.1) is 0 Å². The SMILES string of the molecule is Cc1ccc(N)cc1C(O)C(O)CO. The maximum absolute atomic E-state index is 9.63. The molecule has 5 N–H and O–H groups in total. The molecule has 0 aliphatic rings. The minimum absolute atomic E-state index is 0.477. The maximum Gasteiger partial charge on any atom is 0.107 e. The van der Waals surface area contributed by atoms with E-state index in [9.17, 15) is 10.2 Å². The summed E-state index contributed by atoms with van der Waals surface area (Å²) in [6.07, 6.45) is -2.26. The molecule has 0 saturated carbocycles. The van der Waals surface area contributed by atoms with Gasteiger partial charge in [0.05, 0.1) is 6.61 Å². The van der Waals surface area contributed by atoms with Gasteiger partial charge in [-0.25, -0.2) is 0 Å². The summed E-state index contributed by atoms with van der Waals surface area (Å²) in [5, 5.41) is 27.6. The molecule has 1 aromatic rings. The molecule has 1 aromatic carbocycles. The third-order valence-corrected chi connectivity index (χ3v) is 2.17. The van der Waals surface area contributed by atoms with Crippen LogP contribution in [0, 0.1) is 6.92 Å². The second-order valence-electron chi connectivity index (χ2n) is 3.31. The molecule has 0 heterocycles. The zero-order chi connectivity index (χ0) is 10.7. The van der Waals surface area contributed by atoms with Crippen molar-refractivity contribution in [3.63, 3.8) is 0 Å². The topological polar surface area (TPSA) is 86.7 Å². The van der Waals surface area contributed by atoms with E-state index in [2.05, 4.69) is 0 Å². The molecule has 0 spiro atoms. The highest BCUT2D eigenvalue weighted by Crippen LogP contribution is 2.22. The van der Waals surface area contributed by atoms with Crippen LogP contribution in [0.5, 0.6) is 0 Å². The lowest BCUT2D eigenvalue weighted by Crippen LogP contribution is -2.22. The highest BCUT2D eigenvalue weighted by atomic mass is 16.4. The Bertz CT molecular complexity index is 314. The van der Waals surface area contributed by atoms with Gasteiger partial charge >= 0.3 is 0 Å². The molecule has 0 fully saturated rings. The molecular formula is C10H15NO3. The van der Waals surface area contributed by atoms with E-state index in [-0.39, 0.29) is 0 Å². The average Bonchev–Trinajstić information content (AvgIpc) is 2.19. The first kappa shape index (κ1) is 11.0. The summed E-state index contributed by atoms with van der Waals surface area (Å²) in [7, 11) is 0. The predicted molar refractivity (Wildman–Crippen MR) is 53.6 cm³/mol. The Labute approximate surface area is 82.6 Å². The fourth-order valence-electron chi connectivity index (χ4n) is 1.28. The monoisotopic (exact) mass is 197 g/mol. The molecule has 0 aliphatic heterocycles. The molecule has 1 rings (SSSR count). The molecule has 4 nitrogen and oxygen atoms in total. The third kappa shape index (κ3) is 2.23. The van der Waals surface area contributed by atoms with Crippen LogP contribution in [0.25, 0.3) is 0 Å². The number of rotatable bonds is 3. The molecule has 0 aliphatic carbocycles. The third-order valence-electron chi connectivity index (χ3n) is 2.17. The Hall–Kier alpha value is -1.10. The lowest BCUT2D eigenvalue weighted by Gasteiger charge is -2.18. The highest BCUT2D eigenvalue weighted by Gasteiger charge is 2.19. The van der Waals surface area contributed by atoms with Crippen LogP contribution in [0.2, 0.25) is 0 Å². The van der Waals surface area contributed by atoms with Gasteiger partial charge in [-0.05, 0) is 30.2 Å². The van der Waals surface area contributed by atoms with Gasteiger partial charge in [-0.1, -0.05) is 6.07 Å². The minimum atomic E-state index is -1.17. The van der Waals surface area contributed by atoms with Crippen molar-refractivity contribution in [2.45, 2.75) is 19.1 Å². The first-order valence-electron chi connectivity index (χ1n) is 4.39. The van der Waals surface area contributed by atoms with Gasteiger partial charge in [-0.3, -0.25) is 0 Å². The van der Waals surface area contributed by atoms with Crippen molar-refractivity contribution >= 4 is 5.69 Å². The van der Waals surface area contributed by atoms with Gasteiger partial charge in [0, 0.05) is 5.69 Å². The van der Waals surface area contributed by atoms with Crippen LogP contribution >= 0.6 is 0 Å². The van der Waals surface area contributed by atoms with E-state index >= 15 is 0 Å². The van der Waals surface area contributed by atoms with E-state index in [0.717, 1.165) is 5.56 Å². The van der Waals surface area contributed by atoms with Gasteiger partial charge in [0.25, 0.3) is 0 Å². The van der Waals surface area contributed by atoms with Crippen LogP contribution in [0.1, 0.15) is 17.2 Å². The zero-order valence-corrected chi connectivity index (χ0v) is 8.01. The number of aliphatic hydroxyl groups is 3. The molecule has 2 unspecified atom stereocenters. The van der Waals surface area contributed by atoms with Crippen molar-refractivity contribution in [3.05, 3.63) is 29.3 Å². The lowest BCUT2D eigenvalue weighted by molar-refractivity contribution is -0.0155. The van der Waals surface area contributed by atoms with Crippen LogP contribution in [-0.2, 0) is 0 Å². The van der Waals surface area contributed by atoms with Crippen LogP contribution in [0.4, 0.5) is 5.69 Å². The van der Waals surface area contributed by atoms with Crippen LogP contribution in [0.3, 0.4) is 0 Å². The standard InChI is InChI=1S/C10H15NO3/c1-6-2-3-7(11)4-8(6)10(14)9(13)5-12/h2-4,9-10,12-14H,5,11H2,1H3. The molecule has 4 heteroatoms. The lowest BCUT2D eigenvalue weighted by atomic mass is 9.99. The Morgan fingerprint density at radius 3 is 2.57 bits per heavy atom. The number of benzene rings is 1. The normalized spacial score (nSPS) is 15.1. The first-order chi connectivity index (χ1) is 6.56. The molecule has 0 amide bonds.